The predicted molar refractivity (Wildman–Crippen MR) is 91.9 cm³/mol. The molecule has 2 aromatic rings. The van der Waals surface area contributed by atoms with Gasteiger partial charge in [0.15, 0.2) is 0 Å². The van der Waals surface area contributed by atoms with Crippen molar-refractivity contribution in [3.8, 4) is 17.0 Å². The Morgan fingerprint density at radius 2 is 2.00 bits per heavy atom. The zero-order valence-corrected chi connectivity index (χ0v) is 14.1. The summed E-state index contributed by atoms with van der Waals surface area (Å²) in [7, 11) is 0. The van der Waals surface area contributed by atoms with E-state index in [9.17, 15) is 4.79 Å². The van der Waals surface area contributed by atoms with E-state index in [2.05, 4.69) is 11.9 Å². The number of ether oxygens (including phenoxy) is 1. The van der Waals surface area contributed by atoms with Gasteiger partial charge in [-0.25, -0.2) is 4.98 Å². The van der Waals surface area contributed by atoms with Crippen LogP contribution in [0.25, 0.3) is 11.3 Å². The van der Waals surface area contributed by atoms with E-state index in [0.29, 0.717) is 18.6 Å². The van der Waals surface area contributed by atoms with Crippen molar-refractivity contribution in [1.29, 1.82) is 0 Å². The Kier molecular flexibility index (Phi) is 4.00. The maximum Gasteiger partial charge on any atom is 0.291 e. The first-order chi connectivity index (χ1) is 11.8. The summed E-state index contributed by atoms with van der Waals surface area (Å²) in [6.07, 6.45) is 7.89. The second kappa shape index (κ2) is 6.30. The number of rotatable bonds is 7. The number of carbonyl (C=O) groups is 1. The molecule has 1 aromatic heterocycles. The minimum atomic E-state index is 0.0473. The van der Waals surface area contributed by atoms with Crippen LogP contribution in [0.4, 0.5) is 0 Å². The van der Waals surface area contributed by atoms with E-state index in [1.807, 2.05) is 33.7 Å². The van der Waals surface area contributed by atoms with Crippen molar-refractivity contribution in [2.75, 3.05) is 6.54 Å². The third kappa shape index (κ3) is 2.90. The standard InChI is InChI=1S/C19H23N3O2/c1-2-3-4-11-21-13-22-17(12-20-18(22)19(21)23)14-5-7-15(8-6-14)24-16-9-10-16/h5-8,12,16H,2-4,9-11,13H2,1H3. The van der Waals surface area contributed by atoms with Crippen LogP contribution in [-0.2, 0) is 6.67 Å². The molecule has 4 rings (SSSR count). The summed E-state index contributed by atoms with van der Waals surface area (Å²) in [6, 6.07) is 8.10. The highest BCUT2D eigenvalue weighted by Gasteiger charge is 2.30. The molecule has 2 aliphatic rings. The SMILES string of the molecule is CCCCCN1Cn2c(-c3ccc(OC4CC4)cc3)cnc2C1=O. The van der Waals surface area contributed by atoms with Crippen molar-refractivity contribution in [2.24, 2.45) is 0 Å². The number of unbranched alkanes of at least 4 members (excludes halogenated alkanes) is 2. The van der Waals surface area contributed by atoms with E-state index < -0.39 is 0 Å². The molecule has 1 saturated carbocycles. The molecule has 24 heavy (non-hydrogen) atoms. The second-order valence-electron chi connectivity index (χ2n) is 6.65. The average Bonchev–Trinajstić information content (AvgIpc) is 3.22. The average molecular weight is 325 g/mol. The van der Waals surface area contributed by atoms with Gasteiger partial charge in [0.1, 0.15) is 5.75 Å². The molecule has 0 bridgehead atoms. The smallest absolute Gasteiger partial charge is 0.291 e. The molecular weight excluding hydrogens is 302 g/mol. The van der Waals surface area contributed by atoms with E-state index in [1.54, 1.807) is 6.20 Å². The Morgan fingerprint density at radius 1 is 1.21 bits per heavy atom. The number of hydrogen-bond acceptors (Lipinski definition) is 3. The molecule has 1 aliphatic carbocycles. The molecular formula is C19H23N3O2. The third-order valence-electron chi connectivity index (χ3n) is 4.66. The first-order valence-electron chi connectivity index (χ1n) is 8.88. The molecule has 0 unspecified atom stereocenters. The topological polar surface area (TPSA) is 47.4 Å². The molecule has 0 atom stereocenters. The predicted octanol–water partition coefficient (Wildman–Crippen LogP) is 3.69. The Labute approximate surface area is 142 Å². The maximum absolute atomic E-state index is 12.4. The first kappa shape index (κ1) is 15.2. The molecule has 1 aliphatic heterocycles. The monoisotopic (exact) mass is 325 g/mol. The highest BCUT2D eigenvalue weighted by Crippen LogP contribution is 2.30. The number of nitrogens with zero attached hydrogens (tertiary/aromatic N) is 3. The van der Waals surface area contributed by atoms with Gasteiger partial charge in [-0.2, -0.15) is 0 Å². The number of hydrogen-bond donors (Lipinski definition) is 0. The van der Waals surface area contributed by atoms with Crippen molar-refractivity contribution in [1.82, 2.24) is 14.5 Å². The van der Waals surface area contributed by atoms with E-state index in [4.69, 9.17) is 4.74 Å². The molecule has 0 saturated heterocycles. The van der Waals surface area contributed by atoms with Crippen molar-refractivity contribution in [3.63, 3.8) is 0 Å². The maximum atomic E-state index is 12.4. The van der Waals surface area contributed by atoms with Crippen LogP contribution in [0.15, 0.2) is 30.5 Å². The fraction of sp³-hybridized carbons (Fsp3) is 0.474. The van der Waals surface area contributed by atoms with Gasteiger partial charge in [0.25, 0.3) is 5.91 Å². The summed E-state index contributed by atoms with van der Waals surface area (Å²) in [5.41, 5.74) is 2.06. The van der Waals surface area contributed by atoms with Gasteiger partial charge in [-0.1, -0.05) is 19.8 Å². The Hall–Kier alpha value is -2.30. The molecule has 0 spiro atoms. The highest BCUT2D eigenvalue weighted by atomic mass is 16.5. The summed E-state index contributed by atoms with van der Waals surface area (Å²) in [5.74, 6) is 1.52. The fourth-order valence-corrected chi connectivity index (χ4v) is 3.10. The number of aromatic nitrogens is 2. The van der Waals surface area contributed by atoms with Gasteiger partial charge in [-0.05, 0) is 43.5 Å². The van der Waals surface area contributed by atoms with E-state index in [0.717, 1.165) is 55.7 Å². The summed E-state index contributed by atoms with van der Waals surface area (Å²) >= 11 is 0. The van der Waals surface area contributed by atoms with Crippen molar-refractivity contribution >= 4 is 5.91 Å². The van der Waals surface area contributed by atoms with Crippen LogP contribution in [0.2, 0.25) is 0 Å². The van der Waals surface area contributed by atoms with Crippen LogP contribution in [0.1, 0.15) is 49.6 Å². The Bertz CT molecular complexity index is 732. The molecule has 5 nitrogen and oxygen atoms in total. The summed E-state index contributed by atoms with van der Waals surface area (Å²) in [5, 5.41) is 0. The lowest BCUT2D eigenvalue weighted by atomic mass is 10.1. The van der Waals surface area contributed by atoms with Crippen molar-refractivity contribution in [3.05, 3.63) is 36.3 Å². The van der Waals surface area contributed by atoms with Crippen LogP contribution in [0, 0.1) is 0 Å². The van der Waals surface area contributed by atoms with Crippen LogP contribution in [0.3, 0.4) is 0 Å². The molecule has 5 heteroatoms. The molecule has 1 amide bonds. The Morgan fingerprint density at radius 3 is 2.71 bits per heavy atom. The van der Waals surface area contributed by atoms with E-state index in [-0.39, 0.29) is 5.91 Å². The fourth-order valence-electron chi connectivity index (χ4n) is 3.10. The lowest BCUT2D eigenvalue weighted by Crippen LogP contribution is -2.26. The number of imidazole rings is 1. The van der Waals surface area contributed by atoms with Gasteiger partial charge < -0.3 is 14.2 Å². The largest absolute Gasteiger partial charge is 0.490 e. The molecule has 2 heterocycles. The third-order valence-corrected chi connectivity index (χ3v) is 4.66. The van der Waals surface area contributed by atoms with Gasteiger partial charge in [0.05, 0.1) is 24.7 Å². The minimum absolute atomic E-state index is 0.0473. The second-order valence-corrected chi connectivity index (χ2v) is 6.65. The number of benzene rings is 1. The quantitative estimate of drug-likeness (QED) is 0.729. The normalized spacial score (nSPS) is 16.5. The summed E-state index contributed by atoms with van der Waals surface area (Å²) < 4.78 is 7.81. The lowest BCUT2D eigenvalue weighted by Gasteiger charge is -2.15. The highest BCUT2D eigenvalue weighted by molar-refractivity contribution is 5.93. The Balaban J connectivity index is 1.50. The minimum Gasteiger partial charge on any atom is -0.490 e. The number of amides is 1. The number of fused-ring (bicyclic) bond motifs is 1. The molecule has 0 radical (unpaired) electrons. The summed E-state index contributed by atoms with van der Waals surface area (Å²) in [4.78, 5) is 18.7. The zero-order chi connectivity index (χ0) is 16.5. The molecule has 1 aromatic carbocycles. The molecule has 126 valence electrons. The molecule has 0 N–H and O–H groups in total. The van der Waals surface area contributed by atoms with Crippen LogP contribution < -0.4 is 4.74 Å². The first-order valence-corrected chi connectivity index (χ1v) is 8.88. The zero-order valence-electron chi connectivity index (χ0n) is 14.1. The van der Waals surface area contributed by atoms with Gasteiger partial charge in [0, 0.05) is 12.1 Å². The molecule has 1 fully saturated rings. The lowest BCUT2D eigenvalue weighted by molar-refractivity contribution is 0.0763. The summed E-state index contributed by atoms with van der Waals surface area (Å²) in [6.45, 7) is 3.59. The van der Waals surface area contributed by atoms with Gasteiger partial charge in [0.2, 0.25) is 5.82 Å². The van der Waals surface area contributed by atoms with Crippen molar-refractivity contribution in [2.45, 2.75) is 51.8 Å². The van der Waals surface area contributed by atoms with E-state index >= 15 is 0 Å². The van der Waals surface area contributed by atoms with Gasteiger partial charge >= 0.3 is 0 Å². The number of carbonyl (C=O) groups excluding carboxylic acids is 1. The van der Waals surface area contributed by atoms with Crippen molar-refractivity contribution < 1.29 is 9.53 Å². The van der Waals surface area contributed by atoms with Crippen LogP contribution >= 0.6 is 0 Å². The van der Waals surface area contributed by atoms with Gasteiger partial charge in [-0.3, -0.25) is 4.79 Å². The van der Waals surface area contributed by atoms with Gasteiger partial charge in [-0.15, -0.1) is 0 Å². The van der Waals surface area contributed by atoms with Crippen LogP contribution in [-0.4, -0.2) is 33.0 Å². The van der Waals surface area contributed by atoms with E-state index in [1.165, 1.54) is 0 Å². The van der Waals surface area contributed by atoms with Crippen LogP contribution in [0.5, 0.6) is 5.75 Å².